The van der Waals surface area contributed by atoms with Gasteiger partial charge in [0.1, 0.15) is 6.04 Å². The van der Waals surface area contributed by atoms with E-state index in [1.807, 2.05) is 35.0 Å². The third-order valence-corrected chi connectivity index (χ3v) is 3.76. The fourth-order valence-corrected chi connectivity index (χ4v) is 2.62. The number of nitrogens with zero attached hydrogens (tertiary/aromatic N) is 3. The SMILES string of the molecule is NC(CO)C(=O)N1CCc2c(cnn2-c2ccccc2)C1. The lowest BCUT2D eigenvalue weighted by Gasteiger charge is -2.29. The van der Waals surface area contributed by atoms with Crippen LogP contribution in [0.25, 0.3) is 5.69 Å². The zero-order chi connectivity index (χ0) is 14.8. The summed E-state index contributed by atoms with van der Waals surface area (Å²) in [5, 5.41) is 13.4. The number of amides is 1. The topological polar surface area (TPSA) is 84.4 Å². The number of nitrogens with two attached hydrogens (primary N) is 1. The highest BCUT2D eigenvalue weighted by Crippen LogP contribution is 2.22. The number of aliphatic hydroxyl groups excluding tert-OH is 1. The number of benzene rings is 1. The molecule has 0 fully saturated rings. The molecule has 0 saturated heterocycles. The molecule has 1 atom stereocenters. The van der Waals surface area contributed by atoms with Crippen molar-refractivity contribution in [2.24, 2.45) is 5.73 Å². The predicted molar refractivity (Wildman–Crippen MR) is 77.7 cm³/mol. The van der Waals surface area contributed by atoms with E-state index in [-0.39, 0.29) is 12.5 Å². The van der Waals surface area contributed by atoms with Gasteiger partial charge in [0.2, 0.25) is 5.91 Å². The van der Waals surface area contributed by atoms with Crippen LogP contribution >= 0.6 is 0 Å². The van der Waals surface area contributed by atoms with Gasteiger partial charge >= 0.3 is 0 Å². The van der Waals surface area contributed by atoms with Crippen LogP contribution in [0.2, 0.25) is 0 Å². The van der Waals surface area contributed by atoms with E-state index >= 15 is 0 Å². The Kier molecular flexibility index (Phi) is 3.72. The van der Waals surface area contributed by atoms with Crippen molar-refractivity contribution in [1.82, 2.24) is 14.7 Å². The van der Waals surface area contributed by atoms with Crippen LogP contribution in [0.5, 0.6) is 0 Å². The van der Waals surface area contributed by atoms with Gasteiger partial charge in [-0.3, -0.25) is 4.79 Å². The molecule has 0 saturated carbocycles. The largest absolute Gasteiger partial charge is 0.394 e. The van der Waals surface area contributed by atoms with Gasteiger partial charge < -0.3 is 15.7 Å². The van der Waals surface area contributed by atoms with Crippen molar-refractivity contribution < 1.29 is 9.90 Å². The molecular weight excluding hydrogens is 268 g/mol. The normalized spacial score (nSPS) is 15.6. The monoisotopic (exact) mass is 286 g/mol. The lowest BCUT2D eigenvalue weighted by Crippen LogP contribution is -2.47. The van der Waals surface area contributed by atoms with E-state index in [0.717, 1.165) is 23.4 Å². The fraction of sp³-hybridized carbons (Fsp3) is 0.333. The quantitative estimate of drug-likeness (QED) is 0.836. The highest BCUT2D eigenvalue weighted by atomic mass is 16.3. The first kappa shape index (κ1) is 13.8. The van der Waals surface area contributed by atoms with Gasteiger partial charge in [0, 0.05) is 25.1 Å². The number of aliphatic hydroxyl groups is 1. The fourth-order valence-electron chi connectivity index (χ4n) is 2.62. The molecule has 0 bridgehead atoms. The molecule has 0 spiro atoms. The van der Waals surface area contributed by atoms with E-state index < -0.39 is 6.04 Å². The van der Waals surface area contributed by atoms with Crippen molar-refractivity contribution in [3.8, 4) is 5.69 Å². The maximum atomic E-state index is 12.0. The molecular formula is C15H18N4O2. The van der Waals surface area contributed by atoms with Crippen LogP contribution in [-0.2, 0) is 17.8 Å². The molecule has 6 heteroatoms. The molecule has 2 heterocycles. The first-order valence-electron chi connectivity index (χ1n) is 6.97. The molecule has 1 amide bonds. The number of aromatic nitrogens is 2. The first-order valence-corrected chi connectivity index (χ1v) is 6.97. The highest BCUT2D eigenvalue weighted by molar-refractivity contribution is 5.82. The second kappa shape index (κ2) is 5.67. The smallest absolute Gasteiger partial charge is 0.242 e. The van der Waals surface area contributed by atoms with Gasteiger partial charge in [-0.15, -0.1) is 0 Å². The Bertz CT molecular complexity index is 638. The van der Waals surface area contributed by atoms with Crippen LogP contribution in [0.3, 0.4) is 0 Å². The van der Waals surface area contributed by atoms with Gasteiger partial charge in [0.05, 0.1) is 24.2 Å². The van der Waals surface area contributed by atoms with E-state index in [1.165, 1.54) is 0 Å². The number of carbonyl (C=O) groups is 1. The van der Waals surface area contributed by atoms with E-state index in [2.05, 4.69) is 5.10 Å². The molecule has 21 heavy (non-hydrogen) atoms. The zero-order valence-corrected chi connectivity index (χ0v) is 11.6. The van der Waals surface area contributed by atoms with Crippen LogP contribution in [0, 0.1) is 0 Å². The molecule has 110 valence electrons. The molecule has 6 nitrogen and oxygen atoms in total. The summed E-state index contributed by atoms with van der Waals surface area (Å²) in [6, 6.07) is 9.09. The summed E-state index contributed by atoms with van der Waals surface area (Å²) in [5.74, 6) is -0.212. The second-order valence-corrected chi connectivity index (χ2v) is 5.16. The number of hydrogen-bond donors (Lipinski definition) is 2. The van der Waals surface area contributed by atoms with Crippen molar-refractivity contribution in [2.75, 3.05) is 13.2 Å². The van der Waals surface area contributed by atoms with Crippen molar-refractivity contribution in [3.63, 3.8) is 0 Å². The Morgan fingerprint density at radius 2 is 2.14 bits per heavy atom. The van der Waals surface area contributed by atoms with Crippen molar-refractivity contribution in [2.45, 2.75) is 19.0 Å². The van der Waals surface area contributed by atoms with Crippen LogP contribution < -0.4 is 5.73 Å². The van der Waals surface area contributed by atoms with Crippen molar-refractivity contribution in [1.29, 1.82) is 0 Å². The summed E-state index contributed by atoms with van der Waals surface area (Å²) in [5.41, 5.74) is 8.78. The second-order valence-electron chi connectivity index (χ2n) is 5.16. The first-order chi connectivity index (χ1) is 10.2. The molecule has 2 aromatic rings. The summed E-state index contributed by atoms with van der Waals surface area (Å²) < 4.78 is 1.92. The molecule has 3 rings (SSSR count). The summed E-state index contributed by atoms with van der Waals surface area (Å²) in [6.07, 6.45) is 2.53. The Labute approximate surface area is 122 Å². The standard InChI is InChI=1S/C15H18N4O2/c16-13(10-20)15(21)18-7-6-14-11(9-18)8-17-19(14)12-4-2-1-3-5-12/h1-5,8,13,20H,6-7,9-10,16H2. The molecule has 1 aliphatic heterocycles. The lowest BCUT2D eigenvalue weighted by atomic mass is 10.1. The average molecular weight is 286 g/mol. The van der Waals surface area contributed by atoms with Gasteiger partial charge in [-0.2, -0.15) is 5.10 Å². The summed E-state index contributed by atoms with van der Waals surface area (Å²) >= 11 is 0. The maximum absolute atomic E-state index is 12.0. The van der Waals surface area contributed by atoms with Gasteiger partial charge in [-0.05, 0) is 12.1 Å². The highest BCUT2D eigenvalue weighted by Gasteiger charge is 2.27. The Morgan fingerprint density at radius 1 is 1.38 bits per heavy atom. The summed E-state index contributed by atoms with van der Waals surface area (Å²) in [6.45, 7) is 0.762. The average Bonchev–Trinajstić information content (AvgIpc) is 2.97. The minimum atomic E-state index is -0.837. The Hall–Kier alpha value is -2.18. The van der Waals surface area contributed by atoms with Crippen molar-refractivity contribution >= 4 is 5.91 Å². The third kappa shape index (κ3) is 2.55. The molecule has 1 aliphatic rings. The van der Waals surface area contributed by atoms with Crippen LogP contribution in [-0.4, -0.2) is 44.9 Å². The van der Waals surface area contributed by atoms with Gasteiger partial charge in [0.25, 0.3) is 0 Å². The molecule has 0 aliphatic carbocycles. The van der Waals surface area contributed by atoms with E-state index in [1.54, 1.807) is 11.1 Å². The molecule has 0 radical (unpaired) electrons. The summed E-state index contributed by atoms with van der Waals surface area (Å²) in [4.78, 5) is 13.7. The number of fused-ring (bicyclic) bond motifs is 1. The lowest BCUT2D eigenvalue weighted by molar-refractivity contribution is -0.134. The number of hydrogen-bond acceptors (Lipinski definition) is 4. The predicted octanol–water partition coefficient (Wildman–Crippen LogP) is 0.0766. The molecule has 3 N–H and O–H groups in total. The minimum Gasteiger partial charge on any atom is -0.394 e. The van der Waals surface area contributed by atoms with Gasteiger partial charge in [0.15, 0.2) is 0 Å². The van der Waals surface area contributed by atoms with E-state index in [4.69, 9.17) is 10.8 Å². The Balaban J connectivity index is 1.83. The van der Waals surface area contributed by atoms with Crippen molar-refractivity contribution in [3.05, 3.63) is 47.8 Å². The molecule has 1 unspecified atom stereocenters. The van der Waals surface area contributed by atoms with Gasteiger partial charge in [-0.25, -0.2) is 4.68 Å². The van der Waals surface area contributed by atoms with E-state index in [0.29, 0.717) is 13.1 Å². The number of carbonyl (C=O) groups excluding carboxylic acids is 1. The maximum Gasteiger partial charge on any atom is 0.242 e. The van der Waals surface area contributed by atoms with Gasteiger partial charge in [-0.1, -0.05) is 18.2 Å². The van der Waals surface area contributed by atoms with Crippen LogP contribution in [0.1, 0.15) is 11.3 Å². The summed E-state index contributed by atoms with van der Waals surface area (Å²) in [7, 11) is 0. The molecule has 1 aromatic carbocycles. The molecule has 1 aromatic heterocycles. The van der Waals surface area contributed by atoms with Crippen LogP contribution in [0.15, 0.2) is 36.5 Å². The minimum absolute atomic E-state index is 0.212. The number of rotatable bonds is 3. The number of para-hydroxylation sites is 1. The van der Waals surface area contributed by atoms with Crippen LogP contribution in [0.4, 0.5) is 0 Å². The third-order valence-electron chi connectivity index (χ3n) is 3.76. The Morgan fingerprint density at radius 3 is 2.86 bits per heavy atom. The van der Waals surface area contributed by atoms with E-state index in [9.17, 15) is 4.79 Å². The zero-order valence-electron chi connectivity index (χ0n) is 11.6.